The van der Waals surface area contributed by atoms with Crippen molar-refractivity contribution in [2.45, 2.75) is 74.6 Å². The average Bonchev–Trinajstić information content (AvgIpc) is 2.90. The van der Waals surface area contributed by atoms with E-state index in [4.69, 9.17) is 11.6 Å². The third-order valence-corrected chi connectivity index (χ3v) is 6.96. The first-order valence-electron chi connectivity index (χ1n) is 9.20. The van der Waals surface area contributed by atoms with Gasteiger partial charge in [-0.05, 0) is 47.0 Å². The first-order chi connectivity index (χ1) is 12.8. The highest BCUT2D eigenvalue weighted by Crippen LogP contribution is 2.74. The van der Waals surface area contributed by atoms with Crippen LogP contribution in [0.2, 0.25) is 5.02 Å². The SMILES string of the molecule is CC(C)n1c(C(C)(C)O)nnc1C12CC(c3nc(S(C)(=O)=O)ncc3Cl)(C1)C2. The van der Waals surface area contributed by atoms with Gasteiger partial charge in [0.1, 0.15) is 11.4 Å². The second kappa shape index (κ2) is 5.73. The van der Waals surface area contributed by atoms with E-state index in [1.807, 2.05) is 18.4 Å². The van der Waals surface area contributed by atoms with Gasteiger partial charge in [0.2, 0.25) is 15.0 Å². The van der Waals surface area contributed by atoms with Gasteiger partial charge in [-0.3, -0.25) is 0 Å². The molecule has 0 aliphatic heterocycles. The zero-order chi connectivity index (χ0) is 20.7. The first kappa shape index (κ1) is 19.7. The van der Waals surface area contributed by atoms with Crippen LogP contribution in [0.25, 0.3) is 0 Å². The fourth-order valence-corrected chi connectivity index (χ4v) is 5.53. The van der Waals surface area contributed by atoms with Gasteiger partial charge in [-0.2, -0.15) is 0 Å². The number of rotatable bonds is 5. The van der Waals surface area contributed by atoms with Crippen LogP contribution in [0.15, 0.2) is 11.4 Å². The lowest BCUT2D eigenvalue weighted by Crippen LogP contribution is -2.68. The number of hydrogen-bond donors (Lipinski definition) is 1. The molecule has 0 radical (unpaired) electrons. The van der Waals surface area contributed by atoms with Crippen molar-refractivity contribution in [3.63, 3.8) is 0 Å². The standard InChI is InChI=1S/C18H24ClN5O3S/c1-10(2)24-13(16(3,4)25)22-23-14(24)18-7-17(8-18,9-18)12-11(19)6-20-15(21-12)28(5,26)27/h6,10,25H,7-9H2,1-5H3. The fraction of sp³-hybridized carbons (Fsp3) is 0.667. The zero-order valence-electron chi connectivity index (χ0n) is 16.6. The second-order valence-corrected chi connectivity index (χ2v) is 11.4. The quantitative estimate of drug-likeness (QED) is 0.731. The van der Waals surface area contributed by atoms with Crippen molar-refractivity contribution in [1.82, 2.24) is 24.7 Å². The maximum Gasteiger partial charge on any atom is 0.247 e. The number of sulfone groups is 1. The molecule has 0 atom stereocenters. The van der Waals surface area contributed by atoms with Crippen LogP contribution in [0.4, 0.5) is 0 Å². The molecule has 152 valence electrons. The molecule has 0 saturated heterocycles. The van der Waals surface area contributed by atoms with Gasteiger partial charge in [0.05, 0.1) is 16.9 Å². The van der Waals surface area contributed by atoms with E-state index in [0.717, 1.165) is 31.3 Å². The van der Waals surface area contributed by atoms with Gasteiger partial charge in [0.25, 0.3) is 0 Å². The molecule has 2 bridgehead atoms. The van der Waals surface area contributed by atoms with Crippen LogP contribution in [0.5, 0.6) is 0 Å². The minimum absolute atomic E-state index is 0.107. The molecule has 3 saturated carbocycles. The molecule has 10 heteroatoms. The molecular weight excluding hydrogens is 402 g/mol. The first-order valence-corrected chi connectivity index (χ1v) is 11.5. The number of aromatic nitrogens is 5. The van der Waals surface area contributed by atoms with E-state index < -0.39 is 15.4 Å². The molecule has 0 amide bonds. The summed E-state index contributed by atoms with van der Waals surface area (Å²) in [5.41, 5.74) is -0.871. The topological polar surface area (TPSA) is 111 Å². The fourth-order valence-electron chi connectivity index (χ4n) is 4.74. The zero-order valence-corrected chi connectivity index (χ0v) is 18.1. The van der Waals surface area contributed by atoms with Gasteiger partial charge in [-0.25, -0.2) is 18.4 Å². The van der Waals surface area contributed by atoms with E-state index >= 15 is 0 Å². The second-order valence-electron chi connectivity index (χ2n) is 9.08. The Morgan fingerprint density at radius 1 is 1.21 bits per heavy atom. The summed E-state index contributed by atoms with van der Waals surface area (Å²) in [6, 6.07) is 0.107. The Kier molecular flexibility index (Phi) is 4.04. The predicted octanol–water partition coefficient (Wildman–Crippen LogP) is 2.31. The van der Waals surface area contributed by atoms with Crippen molar-refractivity contribution in [2.24, 2.45) is 0 Å². The third-order valence-electron chi connectivity index (χ3n) is 5.82. The normalized spacial score (nSPS) is 26.9. The van der Waals surface area contributed by atoms with Crippen LogP contribution in [-0.2, 0) is 26.3 Å². The summed E-state index contributed by atoms with van der Waals surface area (Å²) in [6.07, 6.45) is 4.78. The van der Waals surface area contributed by atoms with Crippen LogP contribution >= 0.6 is 11.6 Å². The molecule has 28 heavy (non-hydrogen) atoms. The third kappa shape index (κ3) is 2.70. The summed E-state index contributed by atoms with van der Waals surface area (Å²) in [5.74, 6) is 1.42. The number of aliphatic hydroxyl groups is 1. The summed E-state index contributed by atoms with van der Waals surface area (Å²) in [4.78, 5) is 8.15. The summed E-state index contributed by atoms with van der Waals surface area (Å²) in [7, 11) is -3.50. The smallest absolute Gasteiger partial charge is 0.247 e. The Morgan fingerprint density at radius 3 is 2.32 bits per heavy atom. The molecule has 0 unspecified atom stereocenters. The van der Waals surface area contributed by atoms with Gasteiger partial charge in [-0.15, -0.1) is 10.2 Å². The van der Waals surface area contributed by atoms with E-state index in [1.54, 1.807) is 13.8 Å². The number of nitrogens with zero attached hydrogens (tertiary/aromatic N) is 5. The van der Waals surface area contributed by atoms with Gasteiger partial charge in [-0.1, -0.05) is 11.6 Å². The van der Waals surface area contributed by atoms with Crippen LogP contribution in [0, 0.1) is 0 Å². The summed E-state index contributed by atoms with van der Waals surface area (Å²) >= 11 is 6.32. The number of halogens is 1. The molecule has 2 aromatic rings. The molecule has 2 aromatic heterocycles. The Hall–Kier alpha value is -1.58. The van der Waals surface area contributed by atoms with Gasteiger partial charge in [0, 0.05) is 23.1 Å². The highest BCUT2D eigenvalue weighted by Gasteiger charge is 2.72. The lowest BCUT2D eigenvalue weighted by Gasteiger charge is -2.69. The van der Waals surface area contributed by atoms with E-state index in [1.165, 1.54) is 6.20 Å². The molecule has 0 aromatic carbocycles. The summed E-state index contributed by atoms with van der Waals surface area (Å²) < 4.78 is 25.7. The van der Waals surface area contributed by atoms with Gasteiger partial charge in [0.15, 0.2) is 5.82 Å². The maximum absolute atomic E-state index is 11.8. The molecule has 3 aliphatic carbocycles. The van der Waals surface area contributed by atoms with Crippen molar-refractivity contribution in [1.29, 1.82) is 0 Å². The van der Waals surface area contributed by atoms with Crippen molar-refractivity contribution >= 4 is 21.4 Å². The Labute approximate surface area is 169 Å². The molecule has 5 rings (SSSR count). The van der Waals surface area contributed by atoms with Gasteiger partial charge < -0.3 is 9.67 Å². The molecule has 3 fully saturated rings. The molecular formula is C18H24ClN5O3S. The van der Waals surface area contributed by atoms with Gasteiger partial charge >= 0.3 is 0 Å². The average molecular weight is 426 g/mol. The van der Waals surface area contributed by atoms with Crippen molar-refractivity contribution in [3.05, 3.63) is 28.6 Å². The highest BCUT2D eigenvalue weighted by atomic mass is 35.5. The lowest BCUT2D eigenvalue weighted by atomic mass is 9.34. The Morgan fingerprint density at radius 2 is 1.82 bits per heavy atom. The minimum Gasteiger partial charge on any atom is -0.382 e. The maximum atomic E-state index is 11.8. The minimum atomic E-state index is -3.50. The summed E-state index contributed by atoms with van der Waals surface area (Å²) in [6.45, 7) is 7.50. The lowest BCUT2D eigenvalue weighted by molar-refractivity contribution is -0.0820. The molecule has 8 nitrogen and oxygen atoms in total. The van der Waals surface area contributed by atoms with E-state index in [-0.39, 0.29) is 22.0 Å². The predicted molar refractivity (Wildman–Crippen MR) is 103 cm³/mol. The molecule has 1 N–H and O–H groups in total. The monoisotopic (exact) mass is 425 g/mol. The summed E-state index contributed by atoms with van der Waals surface area (Å²) in [5, 5.41) is 19.4. The van der Waals surface area contributed by atoms with Crippen molar-refractivity contribution in [2.75, 3.05) is 6.26 Å². The largest absolute Gasteiger partial charge is 0.382 e. The Balaban J connectivity index is 1.69. The molecule has 0 spiro atoms. The van der Waals surface area contributed by atoms with Crippen LogP contribution in [-0.4, -0.2) is 44.5 Å². The van der Waals surface area contributed by atoms with Crippen LogP contribution in [0.1, 0.15) is 70.3 Å². The highest BCUT2D eigenvalue weighted by molar-refractivity contribution is 7.90. The van der Waals surface area contributed by atoms with Crippen molar-refractivity contribution in [3.8, 4) is 0 Å². The number of hydrogen-bond acceptors (Lipinski definition) is 7. The molecule has 3 aliphatic rings. The van der Waals surface area contributed by atoms with E-state index in [2.05, 4.69) is 20.2 Å². The van der Waals surface area contributed by atoms with Crippen LogP contribution in [0.3, 0.4) is 0 Å². The van der Waals surface area contributed by atoms with Crippen molar-refractivity contribution < 1.29 is 13.5 Å². The van der Waals surface area contributed by atoms with Crippen LogP contribution < -0.4 is 0 Å². The van der Waals surface area contributed by atoms with E-state index in [9.17, 15) is 13.5 Å². The Bertz CT molecular complexity index is 1050. The van der Waals surface area contributed by atoms with E-state index in [0.29, 0.717) is 16.5 Å². The molecule has 2 heterocycles.